The summed E-state index contributed by atoms with van der Waals surface area (Å²) in [5, 5.41) is 0. The SMILES string of the molecule is Brc1ccc2c(c1)CCN2CC1CC1. The second-order valence-corrected chi connectivity index (χ2v) is 5.33. The molecule has 1 heterocycles. The van der Waals surface area contributed by atoms with Crippen LogP contribution in [-0.2, 0) is 6.42 Å². The fraction of sp³-hybridized carbons (Fsp3) is 0.500. The number of hydrogen-bond donors (Lipinski definition) is 0. The number of rotatable bonds is 2. The van der Waals surface area contributed by atoms with Crippen LogP contribution in [0.15, 0.2) is 22.7 Å². The maximum absolute atomic E-state index is 3.53. The summed E-state index contributed by atoms with van der Waals surface area (Å²) in [6.45, 7) is 2.51. The highest BCUT2D eigenvalue weighted by Crippen LogP contribution is 2.36. The zero-order valence-corrected chi connectivity index (χ0v) is 9.76. The lowest BCUT2D eigenvalue weighted by molar-refractivity contribution is 0.747. The van der Waals surface area contributed by atoms with Crippen LogP contribution in [0.1, 0.15) is 18.4 Å². The molecule has 2 aliphatic rings. The molecule has 3 rings (SSSR count). The van der Waals surface area contributed by atoms with Gasteiger partial charge >= 0.3 is 0 Å². The number of hydrogen-bond acceptors (Lipinski definition) is 1. The van der Waals surface area contributed by atoms with E-state index in [9.17, 15) is 0 Å². The van der Waals surface area contributed by atoms with Gasteiger partial charge in [0.1, 0.15) is 0 Å². The smallest absolute Gasteiger partial charge is 0.0400 e. The van der Waals surface area contributed by atoms with Gasteiger partial charge in [0.2, 0.25) is 0 Å². The van der Waals surface area contributed by atoms with E-state index in [0.717, 1.165) is 5.92 Å². The molecule has 0 unspecified atom stereocenters. The molecule has 0 saturated heterocycles. The fourth-order valence-electron chi connectivity index (χ4n) is 2.24. The molecule has 0 bridgehead atoms. The minimum absolute atomic E-state index is 0.990. The molecular weight excluding hydrogens is 238 g/mol. The van der Waals surface area contributed by atoms with Crippen molar-refractivity contribution in [1.82, 2.24) is 0 Å². The molecule has 1 nitrogen and oxygen atoms in total. The number of anilines is 1. The molecule has 0 amide bonds. The third kappa shape index (κ3) is 1.56. The summed E-state index contributed by atoms with van der Waals surface area (Å²) in [5.74, 6) is 0.990. The minimum Gasteiger partial charge on any atom is -0.371 e. The van der Waals surface area contributed by atoms with Gasteiger partial charge < -0.3 is 4.90 Å². The van der Waals surface area contributed by atoms with Gasteiger partial charge in [-0.1, -0.05) is 15.9 Å². The normalized spacial score (nSPS) is 19.9. The van der Waals surface area contributed by atoms with Gasteiger partial charge in [-0.3, -0.25) is 0 Å². The summed E-state index contributed by atoms with van der Waals surface area (Å²) in [6, 6.07) is 6.68. The standard InChI is InChI=1S/C12H14BrN/c13-11-3-4-12-10(7-11)5-6-14(12)8-9-1-2-9/h3-4,7,9H,1-2,5-6,8H2. The molecule has 14 heavy (non-hydrogen) atoms. The van der Waals surface area contributed by atoms with Gasteiger partial charge in [0.15, 0.2) is 0 Å². The van der Waals surface area contributed by atoms with Crippen molar-refractivity contribution in [3.8, 4) is 0 Å². The Balaban J connectivity index is 1.85. The molecule has 1 aromatic carbocycles. The van der Waals surface area contributed by atoms with E-state index < -0.39 is 0 Å². The van der Waals surface area contributed by atoms with Crippen LogP contribution < -0.4 is 4.90 Å². The third-order valence-electron chi connectivity index (χ3n) is 3.21. The van der Waals surface area contributed by atoms with Gasteiger partial charge in [-0.25, -0.2) is 0 Å². The molecule has 0 aromatic heterocycles. The number of nitrogens with zero attached hydrogens (tertiary/aromatic N) is 1. The number of fused-ring (bicyclic) bond motifs is 1. The van der Waals surface area contributed by atoms with Crippen LogP contribution in [0.25, 0.3) is 0 Å². The molecule has 1 fully saturated rings. The Labute approximate surface area is 93.2 Å². The van der Waals surface area contributed by atoms with Crippen molar-refractivity contribution in [3.63, 3.8) is 0 Å². The highest BCUT2D eigenvalue weighted by molar-refractivity contribution is 9.10. The monoisotopic (exact) mass is 251 g/mol. The minimum atomic E-state index is 0.990. The summed E-state index contributed by atoms with van der Waals surface area (Å²) in [5.41, 5.74) is 2.99. The van der Waals surface area contributed by atoms with E-state index in [-0.39, 0.29) is 0 Å². The van der Waals surface area contributed by atoms with E-state index in [1.165, 1.54) is 48.1 Å². The predicted octanol–water partition coefficient (Wildman–Crippen LogP) is 3.22. The molecule has 0 atom stereocenters. The topological polar surface area (TPSA) is 3.24 Å². The molecule has 1 aromatic rings. The van der Waals surface area contributed by atoms with E-state index >= 15 is 0 Å². The van der Waals surface area contributed by atoms with Gasteiger partial charge in [-0.05, 0) is 48.9 Å². The quantitative estimate of drug-likeness (QED) is 0.781. The molecular formula is C12H14BrN. The second kappa shape index (κ2) is 3.27. The molecule has 74 valence electrons. The molecule has 0 spiro atoms. The summed E-state index contributed by atoms with van der Waals surface area (Å²) in [4.78, 5) is 2.55. The summed E-state index contributed by atoms with van der Waals surface area (Å²) < 4.78 is 1.21. The van der Waals surface area contributed by atoms with Gasteiger partial charge in [0.05, 0.1) is 0 Å². The zero-order valence-electron chi connectivity index (χ0n) is 8.17. The lowest BCUT2D eigenvalue weighted by Gasteiger charge is -2.18. The average Bonchev–Trinajstić information content (AvgIpc) is 2.89. The molecule has 0 N–H and O–H groups in total. The Bertz CT molecular complexity index is 357. The highest BCUT2D eigenvalue weighted by Gasteiger charge is 2.27. The number of halogens is 1. The van der Waals surface area contributed by atoms with Crippen molar-refractivity contribution in [2.24, 2.45) is 5.92 Å². The van der Waals surface area contributed by atoms with Crippen LogP contribution in [0.2, 0.25) is 0 Å². The van der Waals surface area contributed by atoms with Gasteiger partial charge in [-0.15, -0.1) is 0 Å². The molecule has 1 aliphatic carbocycles. The molecule has 1 aliphatic heterocycles. The first kappa shape index (κ1) is 8.78. The molecule has 0 radical (unpaired) electrons. The van der Waals surface area contributed by atoms with E-state index in [0.29, 0.717) is 0 Å². The lowest BCUT2D eigenvalue weighted by atomic mass is 10.2. The Morgan fingerprint density at radius 3 is 3.00 bits per heavy atom. The van der Waals surface area contributed by atoms with Crippen LogP contribution in [-0.4, -0.2) is 13.1 Å². The first-order valence-corrected chi connectivity index (χ1v) is 6.15. The van der Waals surface area contributed by atoms with Crippen molar-refractivity contribution in [1.29, 1.82) is 0 Å². The maximum atomic E-state index is 3.53. The first-order chi connectivity index (χ1) is 6.83. The fourth-order valence-corrected chi connectivity index (χ4v) is 2.65. The van der Waals surface area contributed by atoms with Crippen LogP contribution in [0.4, 0.5) is 5.69 Å². The summed E-state index contributed by atoms with van der Waals surface area (Å²) in [6.07, 6.45) is 4.12. The van der Waals surface area contributed by atoms with Gasteiger partial charge in [0, 0.05) is 23.2 Å². The summed E-state index contributed by atoms with van der Waals surface area (Å²) in [7, 11) is 0. The van der Waals surface area contributed by atoms with Crippen LogP contribution in [0.5, 0.6) is 0 Å². The Morgan fingerprint density at radius 2 is 2.21 bits per heavy atom. The Hall–Kier alpha value is -0.500. The van der Waals surface area contributed by atoms with E-state index in [2.05, 4.69) is 39.0 Å². The lowest BCUT2D eigenvalue weighted by Crippen LogP contribution is -2.22. The average molecular weight is 252 g/mol. The van der Waals surface area contributed by atoms with E-state index in [1.54, 1.807) is 0 Å². The van der Waals surface area contributed by atoms with Crippen molar-refractivity contribution >= 4 is 21.6 Å². The van der Waals surface area contributed by atoms with Crippen LogP contribution in [0.3, 0.4) is 0 Å². The maximum Gasteiger partial charge on any atom is 0.0400 e. The largest absolute Gasteiger partial charge is 0.371 e. The molecule has 1 saturated carbocycles. The summed E-state index contributed by atoms with van der Waals surface area (Å²) >= 11 is 3.53. The van der Waals surface area contributed by atoms with E-state index in [1.807, 2.05) is 0 Å². The Kier molecular flexibility index (Phi) is 2.05. The van der Waals surface area contributed by atoms with Gasteiger partial charge in [-0.2, -0.15) is 0 Å². The van der Waals surface area contributed by atoms with E-state index in [4.69, 9.17) is 0 Å². The van der Waals surface area contributed by atoms with Crippen LogP contribution >= 0.6 is 15.9 Å². The Morgan fingerprint density at radius 1 is 1.36 bits per heavy atom. The molecule has 2 heteroatoms. The van der Waals surface area contributed by atoms with Crippen molar-refractivity contribution < 1.29 is 0 Å². The number of benzene rings is 1. The van der Waals surface area contributed by atoms with Crippen molar-refractivity contribution in [3.05, 3.63) is 28.2 Å². The van der Waals surface area contributed by atoms with Crippen LogP contribution in [0, 0.1) is 5.92 Å². The van der Waals surface area contributed by atoms with Gasteiger partial charge in [0.25, 0.3) is 0 Å². The third-order valence-corrected chi connectivity index (χ3v) is 3.70. The van der Waals surface area contributed by atoms with Crippen molar-refractivity contribution in [2.45, 2.75) is 19.3 Å². The first-order valence-electron chi connectivity index (χ1n) is 5.36. The zero-order chi connectivity index (χ0) is 9.54. The second-order valence-electron chi connectivity index (χ2n) is 4.41. The predicted molar refractivity (Wildman–Crippen MR) is 62.8 cm³/mol. The highest BCUT2D eigenvalue weighted by atomic mass is 79.9. The van der Waals surface area contributed by atoms with Crippen molar-refractivity contribution in [2.75, 3.05) is 18.0 Å².